The van der Waals surface area contributed by atoms with Gasteiger partial charge in [0.15, 0.2) is 0 Å². The van der Waals surface area contributed by atoms with Crippen LogP contribution in [0.1, 0.15) is 19.3 Å². The zero-order valence-electron chi connectivity index (χ0n) is 7.90. The average molecular weight is 198 g/mol. The largest absolute Gasteiger partial charge is 0.481 e. The van der Waals surface area contributed by atoms with Gasteiger partial charge in [0.2, 0.25) is 0 Å². The van der Waals surface area contributed by atoms with E-state index in [-0.39, 0.29) is 12.8 Å². The molecule has 0 saturated carbocycles. The van der Waals surface area contributed by atoms with Crippen molar-refractivity contribution >= 4 is 11.9 Å². The molecule has 0 aliphatic heterocycles. The third-order valence-electron chi connectivity index (χ3n) is 2.11. The molecule has 0 radical (unpaired) electrons. The summed E-state index contributed by atoms with van der Waals surface area (Å²) < 4.78 is 0. The second-order valence-electron chi connectivity index (χ2n) is 3.00. The maximum Gasteiger partial charge on any atom is 0.317 e. The summed E-state index contributed by atoms with van der Waals surface area (Å²) in [5.41, 5.74) is -1.20. The highest BCUT2D eigenvalue weighted by Crippen LogP contribution is 2.27. The number of rotatable bonds is 7. The van der Waals surface area contributed by atoms with Crippen LogP contribution < -0.4 is 0 Å². The predicted molar refractivity (Wildman–Crippen MR) is 51.9 cm³/mol. The molecule has 0 aromatic carbocycles. The van der Waals surface area contributed by atoms with Gasteiger partial charge in [-0.15, -0.1) is 13.2 Å². The highest BCUT2D eigenvalue weighted by Gasteiger charge is 2.31. The molecule has 78 valence electrons. The second kappa shape index (κ2) is 5.21. The molecule has 0 aliphatic rings. The Hall–Kier alpha value is -1.58. The van der Waals surface area contributed by atoms with Crippen LogP contribution in [0.2, 0.25) is 0 Å². The van der Waals surface area contributed by atoms with Crippen LogP contribution in [0.15, 0.2) is 25.3 Å². The Morgan fingerprint density at radius 3 is 2.00 bits per heavy atom. The van der Waals surface area contributed by atoms with Gasteiger partial charge < -0.3 is 10.2 Å². The van der Waals surface area contributed by atoms with E-state index in [2.05, 4.69) is 13.2 Å². The molecule has 2 N–H and O–H groups in total. The Morgan fingerprint density at radius 1 is 1.21 bits per heavy atom. The highest BCUT2D eigenvalue weighted by atomic mass is 16.4. The van der Waals surface area contributed by atoms with Crippen LogP contribution in [-0.2, 0) is 9.59 Å². The first-order chi connectivity index (χ1) is 6.48. The molecule has 0 rings (SSSR count). The third kappa shape index (κ3) is 3.05. The molecule has 0 aromatic heterocycles. The fourth-order valence-corrected chi connectivity index (χ4v) is 1.10. The molecular formula is C10H14O4. The lowest BCUT2D eigenvalue weighted by Crippen LogP contribution is -2.26. The Balaban J connectivity index is 4.37. The number of carboxylic acids is 2. The first-order valence-electron chi connectivity index (χ1n) is 4.21. The van der Waals surface area contributed by atoms with Crippen LogP contribution in [0.3, 0.4) is 0 Å². The van der Waals surface area contributed by atoms with E-state index in [1.165, 1.54) is 12.2 Å². The van der Waals surface area contributed by atoms with Gasteiger partial charge in [0.05, 0.1) is 0 Å². The molecule has 4 nitrogen and oxygen atoms in total. The van der Waals surface area contributed by atoms with Gasteiger partial charge in [0.1, 0.15) is 5.41 Å². The topological polar surface area (TPSA) is 74.6 Å². The van der Waals surface area contributed by atoms with E-state index in [1.807, 2.05) is 0 Å². The van der Waals surface area contributed by atoms with Crippen molar-refractivity contribution in [2.24, 2.45) is 5.41 Å². The number of carboxylic acid groups (broad SMARTS) is 2. The lowest BCUT2D eigenvalue weighted by atomic mass is 9.83. The minimum absolute atomic E-state index is 0.0449. The summed E-state index contributed by atoms with van der Waals surface area (Å²) in [4.78, 5) is 21.1. The van der Waals surface area contributed by atoms with E-state index < -0.39 is 17.4 Å². The minimum Gasteiger partial charge on any atom is -0.481 e. The number of aliphatic carboxylic acids is 2. The maximum absolute atomic E-state index is 10.9. The van der Waals surface area contributed by atoms with E-state index in [4.69, 9.17) is 10.2 Å². The molecule has 0 atom stereocenters. The lowest BCUT2D eigenvalue weighted by Gasteiger charge is -2.20. The molecule has 0 bridgehead atoms. The van der Waals surface area contributed by atoms with Crippen LogP contribution >= 0.6 is 0 Å². The van der Waals surface area contributed by atoms with Crippen LogP contribution in [-0.4, -0.2) is 22.2 Å². The number of hydrogen-bond donors (Lipinski definition) is 2. The van der Waals surface area contributed by atoms with Crippen LogP contribution in [0.5, 0.6) is 0 Å². The monoisotopic (exact) mass is 198 g/mol. The summed E-state index contributed by atoms with van der Waals surface area (Å²) in [6.45, 7) is 6.85. The minimum atomic E-state index is -1.20. The summed E-state index contributed by atoms with van der Waals surface area (Å²) in [5, 5.41) is 17.3. The predicted octanol–water partition coefficient (Wildman–Crippen LogP) is 1.68. The Labute approximate surface area is 82.6 Å². The third-order valence-corrected chi connectivity index (χ3v) is 2.11. The Bertz CT molecular complexity index is 247. The van der Waals surface area contributed by atoms with Gasteiger partial charge in [-0.05, 0) is 12.8 Å². The highest BCUT2D eigenvalue weighted by molar-refractivity contribution is 5.79. The number of carbonyl (C=O) groups is 2. The zero-order chi connectivity index (χ0) is 11.2. The van der Waals surface area contributed by atoms with E-state index in [0.29, 0.717) is 6.42 Å². The normalized spacial score (nSPS) is 10.6. The van der Waals surface area contributed by atoms with E-state index in [9.17, 15) is 9.59 Å². The summed E-state index contributed by atoms with van der Waals surface area (Å²) in [7, 11) is 0. The van der Waals surface area contributed by atoms with Crippen molar-refractivity contribution in [3.05, 3.63) is 25.3 Å². The summed E-state index contributed by atoms with van der Waals surface area (Å²) in [6.07, 6.45) is 3.02. The van der Waals surface area contributed by atoms with Crippen LogP contribution in [0, 0.1) is 5.41 Å². The molecule has 0 aliphatic carbocycles. The van der Waals surface area contributed by atoms with E-state index >= 15 is 0 Å². The van der Waals surface area contributed by atoms with Crippen LogP contribution in [0.4, 0.5) is 0 Å². The van der Waals surface area contributed by atoms with Gasteiger partial charge in [0, 0.05) is 6.42 Å². The molecule has 4 heteroatoms. The van der Waals surface area contributed by atoms with Crippen LogP contribution in [0.25, 0.3) is 0 Å². The van der Waals surface area contributed by atoms with Crippen molar-refractivity contribution in [2.45, 2.75) is 19.3 Å². The molecule has 0 heterocycles. The van der Waals surface area contributed by atoms with Gasteiger partial charge in [-0.2, -0.15) is 0 Å². The molecule has 0 amide bonds. The van der Waals surface area contributed by atoms with Gasteiger partial charge in [-0.1, -0.05) is 12.2 Å². The molecule has 0 spiro atoms. The van der Waals surface area contributed by atoms with Crippen molar-refractivity contribution in [2.75, 3.05) is 0 Å². The first kappa shape index (κ1) is 12.4. The second-order valence-corrected chi connectivity index (χ2v) is 3.00. The van der Waals surface area contributed by atoms with Crippen molar-refractivity contribution in [1.82, 2.24) is 0 Å². The molecule has 0 fully saturated rings. The molecular weight excluding hydrogens is 184 g/mol. The quantitative estimate of drug-likeness (QED) is 0.610. The average Bonchev–Trinajstić information content (AvgIpc) is 2.12. The Morgan fingerprint density at radius 2 is 1.71 bits per heavy atom. The zero-order valence-corrected chi connectivity index (χ0v) is 7.90. The fourth-order valence-electron chi connectivity index (χ4n) is 1.10. The van der Waals surface area contributed by atoms with Crippen molar-refractivity contribution in [3.63, 3.8) is 0 Å². The van der Waals surface area contributed by atoms with Gasteiger partial charge >= 0.3 is 11.9 Å². The molecule has 0 saturated heterocycles. The van der Waals surface area contributed by atoms with Gasteiger partial charge in [-0.3, -0.25) is 9.59 Å². The van der Waals surface area contributed by atoms with Crippen molar-refractivity contribution in [3.8, 4) is 0 Å². The molecule has 0 unspecified atom stereocenters. The summed E-state index contributed by atoms with van der Waals surface area (Å²) in [6, 6.07) is 0. The molecule has 14 heavy (non-hydrogen) atoms. The fraction of sp³-hybridized carbons (Fsp3) is 0.400. The Kier molecular flexibility index (Phi) is 4.63. The van der Waals surface area contributed by atoms with Crippen molar-refractivity contribution < 1.29 is 19.8 Å². The molecule has 0 aromatic rings. The van der Waals surface area contributed by atoms with Gasteiger partial charge in [-0.25, -0.2) is 0 Å². The standard InChI is InChI=1S/C10H14O4/c1-3-10(4-2,9(13)14)7-5-6-8(11)12/h3-4H,1-2,5-7H2,(H,11,12)(H,13,14). The first-order valence-corrected chi connectivity index (χ1v) is 4.21. The SMILES string of the molecule is C=CC(C=C)(CCCC(=O)O)C(=O)O. The summed E-state index contributed by atoms with van der Waals surface area (Å²) in [5.74, 6) is -1.98. The summed E-state index contributed by atoms with van der Waals surface area (Å²) >= 11 is 0. The lowest BCUT2D eigenvalue weighted by molar-refractivity contribution is -0.144. The maximum atomic E-state index is 10.9. The smallest absolute Gasteiger partial charge is 0.317 e. The van der Waals surface area contributed by atoms with Gasteiger partial charge in [0.25, 0.3) is 0 Å². The van der Waals surface area contributed by atoms with Crippen molar-refractivity contribution in [1.29, 1.82) is 0 Å². The van der Waals surface area contributed by atoms with E-state index in [0.717, 1.165) is 0 Å². The number of hydrogen-bond acceptors (Lipinski definition) is 2. The van der Waals surface area contributed by atoms with E-state index in [1.54, 1.807) is 0 Å².